The highest BCUT2D eigenvalue weighted by molar-refractivity contribution is 7.59. The molecule has 3 N–H and O–H groups in total. The van der Waals surface area contributed by atoms with Crippen molar-refractivity contribution in [3.05, 3.63) is 29.4 Å². The molecule has 0 saturated carbocycles. The van der Waals surface area contributed by atoms with Crippen molar-refractivity contribution in [1.82, 2.24) is 15.3 Å². The van der Waals surface area contributed by atoms with Crippen molar-refractivity contribution in [2.45, 2.75) is 63.8 Å². The van der Waals surface area contributed by atoms with Gasteiger partial charge in [0, 0.05) is 64.4 Å². The molecule has 0 aliphatic carbocycles. The maximum atomic E-state index is 5.82. The molecule has 4 bridgehead atoms. The van der Waals surface area contributed by atoms with Gasteiger partial charge in [-0.1, -0.05) is 11.6 Å². The average molecular weight is 653 g/mol. The minimum atomic E-state index is -0.0915. The van der Waals surface area contributed by atoms with Crippen molar-refractivity contribution in [2.75, 3.05) is 90.9 Å². The van der Waals surface area contributed by atoms with E-state index in [1.165, 1.54) is 24.2 Å². The van der Waals surface area contributed by atoms with Gasteiger partial charge in [-0.15, -0.1) is 0 Å². The van der Waals surface area contributed by atoms with Crippen molar-refractivity contribution >= 4 is 67.4 Å². The molecule has 13 heteroatoms. The first-order chi connectivity index (χ1) is 19.6. The molecule has 2 aromatic heterocycles. The Labute approximate surface area is 275 Å². The SMILES string of the molecule is CC1(C)CN(c2ccc3c(n2)N[C@H]2CCN3C2)CCO1.CC1(C)CNCCO1.Clc1ccc2c(n1)N[C@H]1CCN2C1.S.S. The van der Waals surface area contributed by atoms with E-state index in [1.54, 1.807) is 0 Å². The topological polar surface area (TPSA) is 90.1 Å². The monoisotopic (exact) mass is 652 g/mol. The van der Waals surface area contributed by atoms with Gasteiger partial charge in [0.1, 0.15) is 11.0 Å². The van der Waals surface area contributed by atoms with E-state index in [1.807, 2.05) is 12.1 Å². The first-order valence-corrected chi connectivity index (χ1v) is 15.5. The Morgan fingerprint density at radius 2 is 1.37 bits per heavy atom. The zero-order valence-corrected chi connectivity index (χ0v) is 28.6. The normalized spacial score (nSPS) is 25.1. The van der Waals surface area contributed by atoms with Gasteiger partial charge in [-0.05, 0) is 64.8 Å². The highest BCUT2D eigenvalue weighted by atomic mass is 35.5. The Balaban J connectivity index is 0.000000159. The van der Waals surface area contributed by atoms with Crippen LogP contribution in [-0.4, -0.2) is 98.8 Å². The van der Waals surface area contributed by atoms with E-state index in [-0.39, 0.29) is 38.2 Å². The van der Waals surface area contributed by atoms with Gasteiger partial charge < -0.3 is 40.1 Å². The van der Waals surface area contributed by atoms with Gasteiger partial charge >= 0.3 is 0 Å². The quantitative estimate of drug-likeness (QED) is 0.392. The van der Waals surface area contributed by atoms with Gasteiger partial charge in [-0.2, -0.15) is 27.0 Å². The number of nitrogens with zero attached hydrogens (tertiary/aromatic N) is 5. The molecular formula is C30H49ClN8O2S2. The molecule has 8 rings (SSSR count). The average Bonchev–Trinajstić information content (AvgIpc) is 3.51. The van der Waals surface area contributed by atoms with Crippen LogP contribution < -0.4 is 30.7 Å². The van der Waals surface area contributed by atoms with E-state index in [4.69, 9.17) is 26.1 Å². The zero-order chi connectivity index (χ0) is 28.6. The third-order valence-corrected chi connectivity index (χ3v) is 8.72. The van der Waals surface area contributed by atoms with E-state index in [0.717, 1.165) is 83.0 Å². The van der Waals surface area contributed by atoms with E-state index < -0.39 is 0 Å². The predicted octanol–water partition coefficient (Wildman–Crippen LogP) is 4.05. The zero-order valence-electron chi connectivity index (χ0n) is 25.9. The Hall–Kier alpha value is -1.83. The molecule has 2 atom stereocenters. The van der Waals surface area contributed by atoms with E-state index >= 15 is 0 Å². The number of hydrogen-bond donors (Lipinski definition) is 3. The van der Waals surface area contributed by atoms with Crippen LogP contribution in [0.1, 0.15) is 40.5 Å². The lowest BCUT2D eigenvalue weighted by molar-refractivity contribution is -0.0384. The van der Waals surface area contributed by atoms with Gasteiger partial charge in [0.05, 0.1) is 35.8 Å². The predicted molar refractivity (Wildman–Crippen MR) is 188 cm³/mol. The number of anilines is 5. The summed E-state index contributed by atoms with van der Waals surface area (Å²) in [7, 11) is 0. The van der Waals surface area contributed by atoms with Gasteiger partial charge in [0.15, 0.2) is 11.6 Å². The minimum Gasteiger partial charge on any atom is -0.373 e. The van der Waals surface area contributed by atoms with E-state index in [0.29, 0.717) is 17.2 Å². The molecule has 240 valence electrons. The van der Waals surface area contributed by atoms with Gasteiger partial charge in [0.2, 0.25) is 0 Å². The molecule has 0 aromatic carbocycles. The van der Waals surface area contributed by atoms with Crippen LogP contribution in [-0.2, 0) is 9.47 Å². The Morgan fingerprint density at radius 3 is 1.93 bits per heavy atom. The second-order valence-corrected chi connectivity index (χ2v) is 13.4. The molecule has 10 nitrogen and oxygen atoms in total. The number of morpholine rings is 2. The first kappa shape index (κ1) is 34.1. The van der Waals surface area contributed by atoms with Crippen LogP contribution in [0.3, 0.4) is 0 Å². The molecule has 0 spiro atoms. The van der Waals surface area contributed by atoms with Crippen molar-refractivity contribution in [1.29, 1.82) is 0 Å². The molecule has 8 heterocycles. The molecule has 4 fully saturated rings. The van der Waals surface area contributed by atoms with Gasteiger partial charge in [-0.25, -0.2) is 9.97 Å². The highest BCUT2D eigenvalue weighted by Crippen LogP contribution is 2.36. The summed E-state index contributed by atoms with van der Waals surface area (Å²) in [6.45, 7) is 18.4. The fourth-order valence-electron chi connectivity index (χ4n) is 6.40. The fourth-order valence-corrected chi connectivity index (χ4v) is 6.55. The second-order valence-electron chi connectivity index (χ2n) is 13.0. The lowest BCUT2D eigenvalue weighted by Gasteiger charge is -2.39. The molecule has 0 amide bonds. The Morgan fingerprint density at radius 1 is 0.767 bits per heavy atom. The summed E-state index contributed by atoms with van der Waals surface area (Å²) in [5.74, 6) is 3.07. The number of ether oxygens (including phenoxy) is 2. The smallest absolute Gasteiger partial charge is 0.152 e. The summed E-state index contributed by atoms with van der Waals surface area (Å²) in [6, 6.07) is 9.40. The molecule has 6 aliphatic rings. The maximum absolute atomic E-state index is 5.82. The summed E-state index contributed by atoms with van der Waals surface area (Å²) < 4.78 is 11.2. The lowest BCUT2D eigenvalue weighted by Crippen LogP contribution is -2.48. The van der Waals surface area contributed by atoms with Crippen molar-refractivity contribution in [2.24, 2.45) is 0 Å². The van der Waals surface area contributed by atoms with Crippen LogP contribution in [0.4, 0.5) is 28.8 Å². The number of hydrogen-bond acceptors (Lipinski definition) is 10. The van der Waals surface area contributed by atoms with Crippen LogP contribution in [0.25, 0.3) is 0 Å². The number of halogens is 1. The number of rotatable bonds is 1. The lowest BCUT2D eigenvalue weighted by atomic mass is 10.1. The molecule has 4 saturated heterocycles. The highest BCUT2D eigenvalue weighted by Gasteiger charge is 2.33. The summed E-state index contributed by atoms with van der Waals surface area (Å²) in [6.07, 6.45) is 2.42. The van der Waals surface area contributed by atoms with Crippen LogP contribution in [0, 0.1) is 0 Å². The Kier molecular flexibility index (Phi) is 11.1. The largest absolute Gasteiger partial charge is 0.373 e. The molecule has 2 aromatic rings. The van der Waals surface area contributed by atoms with Crippen molar-refractivity contribution < 1.29 is 9.47 Å². The van der Waals surface area contributed by atoms with Gasteiger partial charge in [0.25, 0.3) is 0 Å². The number of fused-ring (bicyclic) bond motifs is 8. The maximum Gasteiger partial charge on any atom is 0.152 e. The van der Waals surface area contributed by atoms with Crippen LogP contribution in [0.15, 0.2) is 24.3 Å². The van der Waals surface area contributed by atoms with E-state index in [2.05, 4.69) is 75.5 Å². The number of pyridine rings is 2. The fraction of sp³-hybridized carbons (Fsp3) is 0.667. The van der Waals surface area contributed by atoms with Crippen LogP contribution in [0.5, 0.6) is 0 Å². The standard InChI is InChI=1S/C15H22N4O.C9H10ClN3.C6H13NO.2H2S/c1-15(2)10-19(7-8-20-15)13-4-3-12-14(17-13)16-11-5-6-18(12)9-11;10-8-2-1-7-9(12-8)11-6-3-4-13(7)5-6;1-6(2)5-7-3-4-8-6;;/h3-4,11H,5-10H2,1-2H3,(H,16,17);1-2,6H,3-5H2,(H,11,12);7H,3-5H2,1-2H3;2*1H2/t11-;6-;;;/m00.../s1. The second kappa shape index (κ2) is 14.1. The van der Waals surface area contributed by atoms with Crippen molar-refractivity contribution in [3.63, 3.8) is 0 Å². The molecule has 6 aliphatic heterocycles. The molecule has 0 radical (unpaired) electrons. The third-order valence-electron chi connectivity index (χ3n) is 8.51. The third kappa shape index (κ3) is 8.26. The first-order valence-electron chi connectivity index (χ1n) is 15.1. The van der Waals surface area contributed by atoms with Crippen LogP contribution in [0.2, 0.25) is 5.15 Å². The van der Waals surface area contributed by atoms with Crippen molar-refractivity contribution in [3.8, 4) is 0 Å². The summed E-state index contributed by atoms with van der Waals surface area (Å²) >= 11 is 5.82. The minimum absolute atomic E-state index is 0. The summed E-state index contributed by atoms with van der Waals surface area (Å²) in [5.41, 5.74) is 2.43. The van der Waals surface area contributed by atoms with Crippen LogP contribution >= 0.6 is 38.6 Å². The van der Waals surface area contributed by atoms with E-state index in [9.17, 15) is 0 Å². The Bertz CT molecular complexity index is 1230. The number of nitrogens with one attached hydrogen (secondary N) is 3. The van der Waals surface area contributed by atoms with Gasteiger partial charge in [-0.3, -0.25) is 0 Å². The number of aromatic nitrogens is 2. The molecule has 43 heavy (non-hydrogen) atoms. The summed E-state index contributed by atoms with van der Waals surface area (Å²) in [4.78, 5) is 16.3. The molecular weight excluding hydrogens is 604 g/mol. The summed E-state index contributed by atoms with van der Waals surface area (Å²) in [5, 5.41) is 10.8. The molecule has 0 unspecified atom stereocenters.